The van der Waals surface area contributed by atoms with Crippen LogP contribution in [0.1, 0.15) is 20.3 Å². The summed E-state index contributed by atoms with van der Waals surface area (Å²) in [4.78, 5) is 25.8. The van der Waals surface area contributed by atoms with Crippen molar-refractivity contribution in [3.8, 4) is 5.75 Å². The highest BCUT2D eigenvalue weighted by Crippen LogP contribution is 2.28. The number of anilines is 2. The van der Waals surface area contributed by atoms with Crippen molar-refractivity contribution in [2.24, 2.45) is 0 Å². The molecule has 0 saturated carbocycles. The molecule has 0 bridgehead atoms. The number of carbonyl (C=O) groups is 2. The monoisotopic (exact) mass is 394 g/mol. The number of halogens is 2. The molecule has 0 aliphatic heterocycles. The van der Waals surface area contributed by atoms with Crippen LogP contribution in [0.2, 0.25) is 10.0 Å². The van der Waals surface area contributed by atoms with Crippen molar-refractivity contribution in [3.05, 3.63) is 52.5 Å². The number of amides is 2. The van der Waals surface area contributed by atoms with Crippen molar-refractivity contribution in [3.63, 3.8) is 0 Å². The Bertz CT molecular complexity index is 796. The van der Waals surface area contributed by atoms with E-state index in [1.807, 2.05) is 19.1 Å². The van der Waals surface area contributed by atoms with Crippen molar-refractivity contribution in [2.45, 2.75) is 20.3 Å². The van der Waals surface area contributed by atoms with Gasteiger partial charge in [0.2, 0.25) is 11.8 Å². The Balaban J connectivity index is 2.05. The van der Waals surface area contributed by atoms with E-state index < -0.39 is 0 Å². The van der Waals surface area contributed by atoms with Crippen LogP contribution in [0, 0.1) is 0 Å². The second-order valence-corrected chi connectivity index (χ2v) is 6.31. The zero-order chi connectivity index (χ0) is 19.1. The Morgan fingerprint density at radius 3 is 2.50 bits per heavy atom. The molecule has 0 fully saturated rings. The van der Waals surface area contributed by atoms with E-state index in [1.54, 1.807) is 30.3 Å². The van der Waals surface area contributed by atoms with Gasteiger partial charge in [-0.15, -0.1) is 0 Å². The maximum atomic E-state index is 12.2. The summed E-state index contributed by atoms with van der Waals surface area (Å²) in [6, 6.07) is 12.1. The van der Waals surface area contributed by atoms with Gasteiger partial charge in [-0.3, -0.25) is 9.59 Å². The molecule has 0 atom stereocenters. The molecule has 2 rings (SSSR count). The van der Waals surface area contributed by atoms with Crippen LogP contribution in [-0.2, 0) is 9.59 Å². The average molecular weight is 395 g/mol. The highest BCUT2D eigenvalue weighted by molar-refractivity contribution is 6.42. The van der Waals surface area contributed by atoms with Crippen molar-refractivity contribution in [2.75, 3.05) is 23.4 Å². The molecule has 0 spiro atoms. The lowest BCUT2D eigenvalue weighted by Gasteiger charge is -2.23. The van der Waals surface area contributed by atoms with Gasteiger partial charge in [-0.25, -0.2) is 0 Å². The topological polar surface area (TPSA) is 58.6 Å². The van der Waals surface area contributed by atoms with Crippen LogP contribution in [0.5, 0.6) is 5.75 Å². The van der Waals surface area contributed by atoms with Gasteiger partial charge in [-0.1, -0.05) is 35.3 Å². The molecular weight excluding hydrogens is 375 g/mol. The van der Waals surface area contributed by atoms with E-state index >= 15 is 0 Å². The first-order chi connectivity index (χ1) is 12.4. The van der Waals surface area contributed by atoms with Crippen LogP contribution in [0.4, 0.5) is 11.4 Å². The molecule has 0 unspecified atom stereocenters. The predicted molar refractivity (Wildman–Crippen MR) is 105 cm³/mol. The predicted octanol–water partition coefficient (Wildman–Crippen LogP) is 4.77. The van der Waals surface area contributed by atoms with Crippen molar-refractivity contribution in [1.82, 2.24) is 0 Å². The molecule has 0 aromatic heterocycles. The first-order valence-corrected chi connectivity index (χ1v) is 8.92. The maximum absolute atomic E-state index is 12.2. The van der Waals surface area contributed by atoms with Gasteiger partial charge >= 0.3 is 0 Å². The number of hydrogen-bond donors (Lipinski definition) is 1. The summed E-state index contributed by atoms with van der Waals surface area (Å²) in [6.07, 6.45) is 0.125. The summed E-state index contributed by atoms with van der Waals surface area (Å²) >= 11 is 11.8. The number of rotatable bonds is 7. The third kappa shape index (κ3) is 5.38. The number of para-hydroxylation sites is 2. The minimum atomic E-state index is -0.233. The summed E-state index contributed by atoms with van der Waals surface area (Å²) in [5, 5.41) is 3.52. The fraction of sp³-hybridized carbons (Fsp3) is 0.263. The van der Waals surface area contributed by atoms with Crippen LogP contribution in [0.3, 0.4) is 0 Å². The maximum Gasteiger partial charge on any atom is 0.226 e. The van der Waals surface area contributed by atoms with E-state index in [4.69, 9.17) is 27.9 Å². The standard InChI is InChI=1S/C19H20Cl2N2O3/c1-3-26-18-7-5-4-6-17(18)23(13(2)24)11-10-19(25)22-14-8-9-15(20)16(21)12-14/h4-9,12H,3,10-11H2,1-2H3,(H,22,25). The fourth-order valence-corrected chi connectivity index (χ4v) is 2.71. The second-order valence-electron chi connectivity index (χ2n) is 5.50. The van der Waals surface area contributed by atoms with E-state index in [-0.39, 0.29) is 24.8 Å². The van der Waals surface area contributed by atoms with Gasteiger partial charge in [-0.05, 0) is 37.3 Å². The summed E-state index contributed by atoms with van der Waals surface area (Å²) in [6.45, 7) is 4.05. The van der Waals surface area contributed by atoms with Gasteiger partial charge in [0.25, 0.3) is 0 Å². The Morgan fingerprint density at radius 2 is 1.85 bits per heavy atom. The number of nitrogens with zero attached hydrogens (tertiary/aromatic N) is 1. The molecule has 1 N–H and O–H groups in total. The quantitative estimate of drug-likeness (QED) is 0.735. The molecule has 26 heavy (non-hydrogen) atoms. The Hall–Kier alpha value is -2.24. The number of nitrogens with one attached hydrogen (secondary N) is 1. The third-order valence-electron chi connectivity index (χ3n) is 3.60. The lowest BCUT2D eigenvalue weighted by molar-refractivity contribution is -0.117. The highest BCUT2D eigenvalue weighted by atomic mass is 35.5. The molecular formula is C19H20Cl2N2O3. The molecule has 0 radical (unpaired) electrons. The summed E-state index contributed by atoms with van der Waals surface area (Å²) in [7, 11) is 0. The lowest BCUT2D eigenvalue weighted by atomic mass is 10.2. The summed E-state index contributed by atoms with van der Waals surface area (Å²) < 4.78 is 5.57. The normalized spacial score (nSPS) is 10.3. The molecule has 2 amide bonds. The summed E-state index contributed by atoms with van der Waals surface area (Å²) in [5.41, 5.74) is 1.19. The van der Waals surface area contributed by atoms with Crippen LogP contribution in [0.15, 0.2) is 42.5 Å². The summed E-state index contributed by atoms with van der Waals surface area (Å²) in [5.74, 6) is 0.207. The number of hydrogen-bond acceptors (Lipinski definition) is 3. The highest BCUT2D eigenvalue weighted by Gasteiger charge is 2.17. The van der Waals surface area contributed by atoms with Gasteiger partial charge < -0.3 is 15.0 Å². The molecule has 0 aliphatic rings. The molecule has 0 heterocycles. The Morgan fingerprint density at radius 1 is 1.12 bits per heavy atom. The number of carbonyl (C=O) groups excluding carboxylic acids is 2. The van der Waals surface area contributed by atoms with Crippen molar-refractivity contribution >= 4 is 46.4 Å². The van der Waals surface area contributed by atoms with Crippen LogP contribution in [0.25, 0.3) is 0 Å². The molecule has 2 aromatic rings. The third-order valence-corrected chi connectivity index (χ3v) is 4.34. The van der Waals surface area contributed by atoms with Gasteiger partial charge in [0.05, 0.1) is 22.3 Å². The molecule has 0 saturated heterocycles. The van der Waals surface area contributed by atoms with Crippen LogP contribution >= 0.6 is 23.2 Å². The fourth-order valence-electron chi connectivity index (χ4n) is 2.42. The number of ether oxygens (including phenoxy) is 1. The van der Waals surface area contributed by atoms with Gasteiger partial charge in [-0.2, -0.15) is 0 Å². The van der Waals surface area contributed by atoms with Gasteiger partial charge in [0, 0.05) is 25.6 Å². The first kappa shape index (κ1) is 20.1. The van der Waals surface area contributed by atoms with Crippen LogP contribution < -0.4 is 15.0 Å². The Kier molecular flexibility index (Phi) is 7.30. The zero-order valence-corrected chi connectivity index (χ0v) is 16.1. The smallest absolute Gasteiger partial charge is 0.226 e. The van der Waals surface area contributed by atoms with E-state index in [2.05, 4.69) is 5.32 Å². The van der Waals surface area contributed by atoms with Crippen LogP contribution in [-0.4, -0.2) is 25.0 Å². The zero-order valence-electron chi connectivity index (χ0n) is 14.6. The van der Waals surface area contributed by atoms with Crippen molar-refractivity contribution < 1.29 is 14.3 Å². The van der Waals surface area contributed by atoms with E-state index in [1.165, 1.54) is 11.8 Å². The minimum Gasteiger partial charge on any atom is -0.492 e. The molecule has 138 valence electrons. The van der Waals surface area contributed by atoms with E-state index in [0.717, 1.165) is 0 Å². The largest absolute Gasteiger partial charge is 0.492 e. The van der Waals surface area contributed by atoms with E-state index in [9.17, 15) is 9.59 Å². The molecule has 7 heteroatoms. The number of benzene rings is 2. The average Bonchev–Trinajstić information content (AvgIpc) is 2.59. The second kappa shape index (κ2) is 9.46. The minimum absolute atomic E-state index is 0.125. The van der Waals surface area contributed by atoms with E-state index in [0.29, 0.717) is 33.8 Å². The molecule has 5 nitrogen and oxygen atoms in total. The van der Waals surface area contributed by atoms with Gasteiger partial charge in [0.15, 0.2) is 0 Å². The molecule has 0 aliphatic carbocycles. The first-order valence-electron chi connectivity index (χ1n) is 8.17. The molecule has 2 aromatic carbocycles. The SMILES string of the molecule is CCOc1ccccc1N(CCC(=O)Nc1ccc(Cl)c(Cl)c1)C(C)=O. The van der Waals surface area contributed by atoms with Crippen molar-refractivity contribution in [1.29, 1.82) is 0 Å². The lowest BCUT2D eigenvalue weighted by Crippen LogP contribution is -2.32. The Labute approximate surface area is 162 Å². The van der Waals surface area contributed by atoms with Gasteiger partial charge in [0.1, 0.15) is 5.75 Å².